The van der Waals surface area contributed by atoms with Gasteiger partial charge in [0.2, 0.25) is 11.8 Å². The van der Waals surface area contributed by atoms with Crippen LogP contribution in [0.2, 0.25) is 5.02 Å². The molecule has 7 heteroatoms. The minimum absolute atomic E-state index is 0.0808. The largest absolute Gasteiger partial charge is 0.497 e. The highest BCUT2D eigenvalue weighted by Crippen LogP contribution is 2.17. The van der Waals surface area contributed by atoms with Gasteiger partial charge in [0.25, 0.3) is 0 Å². The minimum Gasteiger partial charge on any atom is -0.497 e. The molecule has 1 saturated heterocycles. The van der Waals surface area contributed by atoms with E-state index in [1.165, 1.54) is 0 Å². The van der Waals surface area contributed by atoms with Crippen molar-refractivity contribution < 1.29 is 19.1 Å². The topological polar surface area (TPSA) is 59.1 Å². The highest BCUT2D eigenvalue weighted by atomic mass is 35.5. The molecule has 0 atom stereocenters. The molecular formula is C23H27ClN2O4. The lowest BCUT2D eigenvalue weighted by atomic mass is 10.1. The number of amides is 2. The number of rotatable bonds is 8. The predicted octanol–water partition coefficient (Wildman–Crippen LogP) is 3.42. The van der Waals surface area contributed by atoms with Crippen LogP contribution in [0.1, 0.15) is 18.4 Å². The fourth-order valence-electron chi connectivity index (χ4n) is 3.34. The average Bonchev–Trinajstić information content (AvgIpc) is 2.78. The second-order valence-electron chi connectivity index (χ2n) is 7.19. The Hall–Kier alpha value is -2.73. The van der Waals surface area contributed by atoms with Crippen molar-refractivity contribution in [3.8, 4) is 11.5 Å². The zero-order valence-electron chi connectivity index (χ0n) is 17.2. The van der Waals surface area contributed by atoms with Crippen LogP contribution < -0.4 is 9.47 Å². The van der Waals surface area contributed by atoms with Crippen molar-refractivity contribution in [3.05, 3.63) is 59.1 Å². The molecular weight excluding hydrogens is 404 g/mol. The molecule has 30 heavy (non-hydrogen) atoms. The molecule has 3 rings (SSSR count). The van der Waals surface area contributed by atoms with Gasteiger partial charge in [0.05, 0.1) is 20.1 Å². The Morgan fingerprint density at radius 3 is 2.03 bits per heavy atom. The zero-order chi connectivity index (χ0) is 21.3. The summed E-state index contributed by atoms with van der Waals surface area (Å²) >= 11 is 5.89. The number of carbonyl (C=O) groups is 2. The van der Waals surface area contributed by atoms with Gasteiger partial charge in [-0.25, -0.2) is 0 Å². The van der Waals surface area contributed by atoms with E-state index in [1.807, 2.05) is 46.2 Å². The van der Waals surface area contributed by atoms with Crippen molar-refractivity contribution in [2.24, 2.45) is 0 Å². The van der Waals surface area contributed by atoms with E-state index >= 15 is 0 Å². The van der Waals surface area contributed by atoms with Gasteiger partial charge in [-0.3, -0.25) is 9.59 Å². The van der Waals surface area contributed by atoms with Gasteiger partial charge in [0, 0.05) is 37.6 Å². The van der Waals surface area contributed by atoms with Crippen LogP contribution >= 0.6 is 11.6 Å². The third kappa shape index (κ3) is 6.39. The number of benzene rings is 2. The van der Waals surface area contributed by atoms with Gasteiger partial charge in [-0.15, -0.1) is 0 Å². The molecule has 0 radical (unpaired) electrons. The monoisotopic (exact) mass is 430 g/mol. The molecule has 0 bridgehead atoms. The second kappa shape index (κ2) is 10.9. The average molecular weight is 431 g/mol. The van der Waals surface area contributed by atoms with Gasteiger partial charge in [0.15, 0.2) is 0 Å². The summed E-state index contributed by atoms with van der Waals surface area (Å²) in [5.74, 6) is 1.73. The number of nitrogens with zero attached hydrogens (tertiary/aromatic N) is 2. The van der Waals surface area contributed by atoms with Crippen molar-refractivity contribution in [3.63, 3.8) is 0 Å². The Bertz CT molecular complexity index is 831. The van der Waals surface area contributed by atoms with Gasteiger partial charge >= 0.3 is 0 Å². The normalized spacial score (nSPS) is 13.8. The lowest BCUT2D eigenvalue weighted by Crippen LogP contribution is -2.51. The van der Waals surface area contributed by atoms with Crippen molar-refractivity contribution >= 4 is 23.4 Å². The van der Waals surface area contributed by atoms with E-state index in [4.69, 9.17) is 21.1 Å². The highest BCUT2D eigenvalue weighted by molar-refractivity contribution is 6.30. The molecule has 0 aromatic heterocycles. The smallest absolute Gasteiger partial charge is 0.227 e. The third-order valence-corrected chi connectivity index (χ3v) is 5.37. The minimum atomic E-state index is 0.0808. The lowest BCUT2D eigenvalue weighted by Gasteiger charge is -2.35. The summed E-state index contributed by atoms with van der Waals surface area (Å²) in [5.41, 5.74) is 0.944. The van der Waals surface area contributed by atoms with Gasteiger partial charge in [-0.1, -0.05) is 23.7 Å². The summed E-state index contributed by atoms with van der Waals surface area (Å²) < 4.78 is 10.8. The SMILES string of the molecule is COc1ccc(OCCCC(=O)N2CCN(C(=O)Cc3ccc(Cl)cc3)CC2)cc1. The fraction of sp³-hybridized carbons (Fsp3) is 0.391. The quantitative estimate of drug-likeness (QED) is 0.602. The molecule has 1 heterocycles. The van der Waals surface area contributed by atoms with E-state index in [1.54, 1.807) is 19.2 Å². The van der Waals surface area contributed by atoms with Gasteiger partial charge in [-0.2, -0.15) is 0 Å². The van der Waals surface area contributed by atoms with Crippen LogP contribution in [-0.2, 0) is 16.0 Å². The maximum atomic E-state index is 12.5. The van der Waals surface area contributed by atoms with E-state index in [-0.39, 0.29) is 11.8 Å². The maximum Gasteiger partial charge on any atom is 0.227 e. The van der Waals surface area contributed by atoms with Gasteiger partial charge < -0.3 is 19.3 Å². The molecule has 2 aromatic carbocycles. The molecule has 0 saturated carbocycles. The van der Waals surface area contributed by atoms with Crippen molar-refractivity contribution in [1.82, 2.24) is 9.80 Å². The van der Waals surface area contributed by atoms with Crippen molar-refractivity contribution in [2.75, 3.05) is 39.9 Å². The van der Waals surface area contributed by atoms with E-state index in [2.05, 4.69) is 0 Å². The molecule has 160 valence electrons. The van der Waals surface area contributed by atoms with E-state index in [0.717, 1.165) is 17.1 Å². The van der Waals surface area contributed by atoms with Crippen LogP contribution in [0.15, 0.2) is 48.5 Å². The number of hydrogen-bond acceptors (Lipinski definition) is 4. The molecule has 2 amide bonds. The summed E-state index contributed by atoms with van der Waals surface area (Å²) in [7, 11) is 1.62. The number of methoxy groups -OCH3 is 1. The first kappa shape index (κ1) is 22.0. The first-order chi connectivity index (χ1) is 14.5. The number of piperazine rings is 1. The molecule has 0 aliphatic carbocycles. The van der Waals surface area contributed by atoms with Gasteiger partial charge in [-0.05, 0) is 48.4 Å². The van der Waals surface area contributed by atoms with Crippen LogP contribution in [0.4, 0.5) is 0 Å². The molecule has 1 aliphatic heterocycles. The molecule has 0 N–H and O–H groups in total. The van der Waals surface area contributed by atoms with Crippen LogP contribution in [0.25, 0.3) is 0 Å². The predicted molar refractivity (Wildman–Crippen MR) is 116 cm³/mol. The van der Waals surface area contributed by atoms with E-state index in [0.29, 0.717) is 57.1 Å². The van der Waals surface area contributed by atoms with Crippen LogP contribution in [-0.4, -0.2) is 61.5 Å². The number of hydrogen-bond donors (Lipinski definition) is 0. The molecule has 6 nitrogen and oxygen atoms in total. The Morgan fingerprint density at radius 1 is 0.867 bits per heavy atom. The Labute approximate surface area is 182 Å². The Balaban J connectivity index is 1.34. The van der Waals surface area contributed by atoms with E-state index in [9.17, 15) is 9.59 Å². The van der Waals surface area contributed by atoms with Crippen molar-refractivity contribution in [2.45, 2.75) is 19.3 Å². The van der Waals surface area contributed by atoms with E-state index < -0.39 is 0 Å². The lowest BCUT2D eigenvalue weighted by molar-refractivity contribution is -0.139. The molecule has 2 aromatic rings. The summed E-state index contributed by atoms with van der Waals surface area (Å²) in [6.07, 6.45) is 1.45. The summed E-state index contributed by atoms with van der Waals surface area (Å²) in [4.78, 5) is 28.6. The first-order valence-corrected chi connectivity index (χ1v) is 10.5. The fourth-order valence-corrected chi connectivity index (χ4v) is 3.46. The van der Waals surface area contributed by atoms with Crippen LogP contribution in [0.3, 0.4) is 0 Å². The third-order valence-electron chi connectivity index (χ3n) is 5.12. The second-order valence-corrected chi connectivity index (χ2v) is 7.63. The highest BCUT2D eigenvalue weighted by Gasteiger charge is 2.23. The Morgan fingerprint density at radius 2 is 1.43 bits per heavy atom. The summed E-state index contributed by atoms with van der Waals surface area (Å²) in [6, 6.07) is 14.7. The zero-order valence-corrected chi connectivity index (χ0v) is 17.9. The van der Waals surface area contributed by atoms with Crippen LogP contribution in [0.5, 0.6) is 11.5 Å². The summed E-state index contributed by atoms with van der Waals surface area (Å²) in [5, 5.41) is 0.660. The van der Waals surface area contributed by atoms with Crippen LogP contribution in [0, 0.1) is 0 Å². The summed E-state index contributed by atoms with van der Waals surface area (Å²) in [6.45, 7) is 2.77. The van der Waals surface area contributed by atoms with Gasteiger partial charge in [0.1, 0.15) is 11.5 Å². The number of ether oxygens (including phenoxy) is 2. The van der Waals surface area contributed by atoms with Crippen molar-refractivity contribution in [1.29, 1.82) is 0 Å². The standard InChI is InChI=1S/C23H27ClN2O4/c1-29-20-8-10-21(11-9-20)30-16-2-3-22(27)25-12-14-26(15-13-25)23(28)17-18-4-6-19(24)7-5-18/h4-11H,2-3,12-17H2,1H3. The number of carbonyl (C=O) groups excluding carboxylic acids is 2. The number of halogens is 1. The molecule has 1 fully saturated rings. The molecule has 1 aliphatic rings. The molecule has 0 unspecified atom stereocenters. The Kier molecular flexibility index (Phi) is 7.97. The maximum absolute atomic E-state index is 12.5. The first-order valence-electron chi connectivity index (χ1n) is 10.1. The molecule has 0 spiro atoms.